The molecule has 2 aromatic carbocycles. The van der Waals surface area contributed by atoms with Crippen LogP contribution in [0.1, 0.15) is 63.0 Å². The molecule has 0 amide bonds. The number of nitrogens with two attached hydrogens (primary N) is 1. The third kappa shape index (κ3) is 4.62. The van der Waals surface area contributed by atoms with Crippen LogP contribution in [-0.4, -0.2) is 9.97 Å². The van der Waals surface area contributed by atoms with Crippen molar-refractivity contribution in [2.75, 3.05) is 0 Å². The van der Waals surface area contributed by atoms with E-state index in [0.717, 1.165) is 6.42 Å². The van der Waals surface area contributed by atoms with Gasteiger partial charge in [0.25, 0.3) is 5.56 Å². The lowest BCUT2D eigenvalue weighted by Crippen LogP contribution is -2.85. The van der Waals surface area contributed by atoms with Crippen molar-refractivity contribution >= 4 is 22.5 Å². The Morgan fingerprint density at radius 2 is 1.75 bits per heavy atom. The molecule has 0 fully saturated rings. The molecule has 28 heavy (non-hydrogen) atoms. The number of hydrogen-bond donors (Lipinski definition) is 2. The molecule has 0 unspecified atom stereocenters. The highest BCUT2D eigenvalue weighted by Crippen LogP contribution is 2.23. The fourth-order valence-corrected chi connectivity index (χ4v) is 3.74. The van der Waals surface area contributed by atoms with Crippen LogP contribution in [-0.2, 0) is 6.54 Å². The molecule has 0 radical (unpaired) electrons. The Kier molecular flexibility index (Phi) is 6.53. The molecule has 0 spiro atoms. The number of nitrogens with one attached hydrogen (secondary N) is 1. The molecule has 3 N–H and O–H groups in total. The van der Waals surface area contributed by atoms with Crippen LogP contribution in [0.25, 0.3) is 10.9 Å². The zero-order valence-corrected chi connectivity index (χ0v) is 17.8. The quantitative estimate of drug-likeness (QED) is 0.613. The SMILES string of the molecule is CC[C@@H](C)c1ccc([C@@H]([NH2+]Cc2nc3cc(Cl)ccc3c(=O)[nH]2)C(C)C)cc1. The Hall–Kier alpha value is -2.17. The van der Waals surface area contributed by atoms with E-state index in [1.807, 2.05) is 0 Å². The van der Waals surface area contributed by atoms with Crippen LogP contribution in [0.2, 0.25) is 5.02 Å². The van der Waals surface area contributed by atoms with Gasteiger partial charge in [0.05, 0.1) is 10.9 Å². The summed E-state index contributed by atoms with van der Waals surface area (Å²) in [6.45, 7) is 9.52. The number of nitrogens with zero attached hydrogens (tertiary/aromatic N) is 1. The number of rotatable bonds is 7. The minimum absolute atomic E-state index is 0.121. The predicted octanol–water partition coefficient (Wildman–Crippen LogP) is 4.55. The van der Waals surface area contributed by atoms with E-state index < -0.39 is 0 Å². The first-order valence-electron chi connectivity index (χ1n) is 10.0. The summed E-state index contributed by atoms with van der Waals surface area (Å²) in [7, 11) is 0. The van der Waals surface area contributed by atoms with Crippen LogP contribution in [0.3, 0.4) is 0 Å². The van der Waals surface area contributed by atoms with E-state index >= 15 is 0 Å². The lowest BCUT2D eigenvalue weighted by molar-refractivity contribution is -0.718. The van der Waals surface area contributed by atoms with Gasteiger partial charge in [-0.2, -0.15) is 0 Å². The predicted molar refractivity (Wildman–Crippen MR) is 116 cm³/mol. The van der Waals surface area contributed by atoms with E-state index in [-0.39, 0.29) is 5.56 Å². The van der Waals surface area contributed by atoms with Crippen molar-refractivity contribution in [2.45, 2.75) is 52.6 Å². The molecule has 0 saturated carbocycles. The van der Waals surface area contributed by atoms with Gasteiger partial charge in [-0.15, -0.1) is 0 Å². The molecule has 1 heterocycles. The molecule has 4 nitrogen and oxygen atoms in total. The van der Waals surface area contributed by atoms with Crippen LogP contribution in [0.5, 0.6) is 0 Å². The average molecular weight is 399 g/mol. The number of halogens is 1. The van der Waals surface area contributed by atoms with Crippen molar-refractivity contribution in [2.24, 2.45) is 5.92 Å². The van der Waals surface area contributed by atoms with Crippen molar-refractivity contribution in [3.8, 4) is 0 Å². The van der Waals surface area contributed by atoms with E-state index in [1.165, 1.54) is 11.1 Å². The summed E-state index contributed by atoms with van der Waals surface area (Å²) in [5, 5.41) is 3.40. The van der Waals surface area contributed by atoms with E-state index in [4.69, 9.17) is 11.6 Å². The van der Waals surface area contributed by atoms with Gasteiger partial charge in [-0.1, -0.05) is 63.6 Å². The first kappa shape index (κ1) is 20.6. The van der Waals surface area contributed by atoms with Crippen LogP contribution in [0.4, 0.5) is 0 Å². The van der Waals surface area contributed by atoms with Gasteiger partial charge in [0.1, 0.15) is 12.6 Å². The Morgan fingerprint density at radius 1 is 1.07 bits per heavy atom. The van der Waals surface area contributed by atoms with Crippen LogP contribution < -0.4 is 10.9 Å². The molecule has 1 aromatic heterocycles. The molecular formula is C23H29ClN3O+. The number of fused-ring (bicyclic) bond motifs is 1. The Morgan fingerprint density at radius 3 is 2.39 bits per heavy atom. The van der Waals surface area contributed by atoms with Crippen molar-refractivity contribution in [3.05, 3.63) is 74.8 Å². The Labute approximate surface area is 171 Å². The van der Waals surface area contributed by atoms with Gasteiger partial charge in [-0.05, 0) is 36.1 Å². The zero-order valence-electron chi connectivity index (χ0n) is 17.0. The largest absolute Gasteiger partial charge is 0.334 e. The number of aromatic nitrogens is 2. The van der Waals surface area contributed by atoms with Gasteiger partial charge in [-0.25, -0.2) is 4.98 Å². The number of H-pyrrole nitrogens is 1. The summed E-state index contributed by atoms with van der Waals surface area (Å²) in [6.07, 6.45) is 1.14. The van der Waals surface area contributed by atoms with Gasteiger partial charge >= 0.3 is 0 Å². The molecule has 0 aliphatic heterocycles. The summed E-state index contributed by atoms with van der Waals surface area (Å²) in [5.74, 6) is 1.70. The van der Waals surface area contributed by atoms with Gasteiger partial charge < -0.3 is 10.3 Å². The molecule has 5 heteroatoms. The summed E-state index contributed by atoms with van der Waals surface area (Å²) in [5.41, 5.74) is 3.20. The highest BCUT2D eigenvalue weighted by molar-refractivity contribution is 6.31. The fourth-order valence-electron chi connectivity index (χ4n) is 3.57. The molecular weight excluding hydrogens is 370 g/mol. The van der Waals surface area contributed by atoms with Crippen molar-refractivity contribution < 1.29 is 5.32 Å². The highest BCUT2D eigenvalue weighted by atomic mass is 35.5. The van der Waals surface area contributed by atoms with Gasteiger partial charge in [-0.3, -0.25) is 4.79 Å². The lowest BCUT2D eigenvalue weighted by atomic mass is 9.92. The second-order valence-corrected chi connectivity index (χ2v) is 8.30. The minimum Gasteiger partial charge on any atom is -0.334 e. The van der Waals surface area contributed by atoms with Crippen LogP contribution in [0.15, 0.2) is 47.3 Å². The monoisotopic (exact) mass is 398 g/mol. The van der Waals surface area contributed by atoms with E-state index in [1.54, 1.807) is 18.2 Å². The van der Waals surface area contributed by atoms with Crippen molar-refractivity contribution in [1.29, 1.82) is 0 Å². The number of quaternary nitrogens is 1. The van der Waals surface area contributed by atoms with Crippen LogP contribution >= 0.6 is 11.6 Å². The number of aromatic amines is 1. The maximum absolute atomic E-state index is 12.3. The Bertz CT molecular complexity index is 995. The standard InChI is InChI=1S/C23H28ClN3O/c1-5-15(4)16-6-8-17(9-7-16)22(14(2)3)25-13-21-26-20-12-18(24)10-11-19(20)23(28)27-21/h6-12,14-15,22,25H,5,13H2,1-4H3,(H,26,27,28)/p+1/t15-,22+/m1/s1. The maximum Gasteiger partial charge on any atom is 0.258 e. The number of benzene rings is 2. The van der Waals surface area contributed by atoms with Crippen molar-refractivity contribution in [3.63, 3.8) is 0 Å². The van der Waals surface area contributed by atoms with E-state index in [9.17, 15) is 4.79 Å². The summed E-state index contributed by atoms with van der Waals surface area (Å²) >= 11 is 6.06. The normalized spacial score (nSPS) is 13.8. The van der Waals surface area contributed by atoms with Gasteiger partial charge in [0.2, 0.25) is 0 Å². The van der Waals surface area contributed by atoms with Gasteiger partial charge in [0.15, 0.2) is 5.82 Å². The highest BCUT2D eigenvalue weighted by Gasteiger charge is 2.20. The minimum atomic E-state index is -0.121. The molecule has 0 bridgehead atoms. The first-order valence-corrected chi connectivity index (χ1v) is 10.4. The molecule has 0 saturated heterocycles. The second kappa shape index (κ2) is 8.89. The molecule has 0 aliphatic rings. The fraction of sp³-hybridized carbons (Fsp3) is 0.391. The topological polar surface area (TPSA) is 62.4 Å². The van der Waals surface area contributed by atoms with Crippen LogP contribution in [0, 0.1) is 5.92 Å². The second-order valence-electron chi connectivity index (χ2n) is 7.86. The summed E-state index contributed by atoms with van der Waals surface area (Å²) < 4.78 is 0. The summed E-state index contributed by atoms with van der Waals surface area (Å²) in [4.78, 5) is 19.8. The Balaban J connectivity index is 1.80. The molecule has 2 atom stereocenters. The third-order valence-electron chi connectivity index (χ3n) is 5.50. The van der Waals surface area contributed by atoms with Crippen molar-refractivity contribution in [1.82, 2.24) is 9.97 Å². The molecule has 148 valence electrons. The van der Waals surface area contributed by atoms with Gasteiger partial charge in [0, 0.05) is 16.5 Å². The third-order valence-corrected chi connectivity index (χ3v) is 5.74. The molecule has 0 aliphatic carbocycles. The van der Waals surface area contributed by atoms with E-state index in [0.29, 0.717) is 46.2 Å². The molecule has 3 aromatic rings. The first-order chi connectivity index (χ1) is 13.4. The number of hydrogen-bond acceptors (Lipinski definition) is 2. The summed E-state index contributed by atoms with van der Waals surface area (Å²) in [6, 6.07) is 14.4. The lowest BCUT2D eigenvalue weighted by Gasteiger charge is -2.20. The molecule has 3 rings (SSSR count). The zero-order chi connectivity index (χ0) is 20.3. The van der Waals surface area contributed by atoms with E-state index in [2.05, 4.69) is 67.2 Å². The average Bonchev–Trinajstić information content (AvgIpc) is 2.67. The maximum atomic E-state index is 12.3. The smallest absolute Gasteiger partial charge is 0.258 e.